The summed E-state index contributed by atoms with van der Waals surface area (Å²) in [7, 11) is 1.86. The van der Waals surface area contributed by atoms with Gasteiger partial charge in [-0.05, 0) is 39.8 Å². The van der Waals surface area contributed by atoms with Crippen LogP contribution in [0.1, 0.15) is 39.5 Å². The summed E-state index contributed by atoms with van der Waals surface area (Å²) in [6.07, 6.45) is 5.03. The summed E-state index contributed by atoms with van der Waals surface area (Å²) < 4.78 is 0. The Hall–Kier alpha value is -0.0300. The first-order valence-electron chi connectivity index (χ1n) is 6.78. The van der Waals surface area contributed by atoms with Crippen LogP contribution in [0, 0.1) is 0 Å². The minimum Gasteiger partial charge on any atom is -0.340 e. The second-order valence-corrected chi connectivity index (χ2v) is 5.16. The highest BCUT2D eigenvalue weighted by Crippen LogP contribution is 2.14. The summed E-state index contributed by atoms with van der Waals surface area (Å²) in [5, 5.41) is 0. The smallest absolute Gasteiger partial charge is 0.239 e. The van der Waals surface area contributed by atoms with Crippen molar-refractivity contribution in [2.75, 3.05) is 26.7 Å². The van der Waals surface area contributed by atoms with Crippen LogP contribution >= 0.6 is 24.8 Å². The van der Waals surface area contributed by atoms with Gasteiger partial charge in [-0.1, -0.05) is 12.8 Å². The quantitative estimate of drug-likeness (QED) is 0.862. The van der Waals surface area contributed by atoms with Crippen LogP contribution in [0.15, 0.2) is 0 Å². The topological polar surface area (TPSA) is 49.6 Å². The highest BCUT2D eigenvalue weighted by molar-refractivity contribution is 5.85. The molecular formula is C13H29Cl2N3O. The summed E-state index contributed by atoms with van der Waals surface area (Å²) in [5.74, 6) is 0.199. The first kappa shape index (κ1) is 21.3. The van der Waals surface area contributed by atoms with E-state index in [4.69, 9.17) is 5.73 Å². The highest BCUT2D eigenvalue weighted by atomic mass is 35.5. The van der Waals surface area contributed by atoms with E-state index < -0.39 is 0 Å². The monoisotopic (exact) mass is 313 g/mol. The van der Waals surface area contributed by atoms with Crippen LogP contribution in [0.4, 0.5) is 0 Å². The summed E-state index contributed by atoms with van der Waals surface area (Å²) in [5.41, 5.74) is 5.61. The molecule has 1 heterocycles. The Balaban J connectivity index is 0. The lowest BCUT2D eigenvalue weighted by molar-refractivity contribution is -0.136. The fourth-order valence-electron chi connectivity index (χ4n) is 2.31. The molecule has 1 saturated heterocycles. The second-order valence-electron chi connectivity index (χ2n) is 5.16. The average molecular weight is 314 g/mol. The predicted molar refractivity (Wildman–Crippen MR) is 85.3 cm³/mol. The minimum absolute atomic E-state index is 0. The highest BCUT2D eigenvalue weighted by Gasteiger charge is 2.26. The van der Waals surface area contributed by atoms with E-state index in [1.165, 1.54) is 25.7 Å². The molecule has 1 aliphatic heterocycles. The van der Waals surface area contributed by atoms with Crippen molar-refractivity contribution in [3.8, 4) is 0 Å². The molecular weight excluding hydrogens is 285 g/mol. The van der Waals surface area contributed by atoms with Gasteiger partial charge in [0.2, 0.25) is 5.91 Å². The Labute approximate surface area is 129 Å². The van der Waals surface area contributed by atoms with Crippen molar-refractivity contribution in [3.63, 3.8) is 0 Å². The molecule has 4 nitrogen and oxygen atoms in total. The molecule has 0 aromatic rings. The van der Waals surface area contributed by atoms with E-state index in [0.717, 1.165) is 13.1 Å². The molecule has 0 aromatic carbocycles. The van der Waals surface area contributed by atoms with E-state index in [9.17, 15) is 4.79 Å². The van der Waals surface area contributed by atoms with E-state index in [0.29, 0.717) is 6.54 Å². The maximum Gasteiger partial charge on any atom is 0.239 e. The molecule has 0 spiro atoms. The molecule has 0 aliphatic carbocycles. The van der Waals surface area contributed by atoms with Crippen molar-refractivity contribution in [2.24, 2.45) is 5.73 Å². The van der Waals surface area contributed by atoms with Crippen LogP contribution in [0.2, 0.25) is 0 Å². The van der Waals surface area contributed by atoms with Crippen molar-refractivity contribution in [1.82, 2.24) is 9.80 Å². The van der Waals surface area contributed by atoms with E-state index in [-0.39, 0.29) is 42.8 Å². The molecule has 1 rings (SSSR count). The van der Waals surface area contributed by atoms with Crippen LogP contribution in [0.3, 0.4) is 0 Å². The third-order valence-electron chi connectivity index (χ3n) is 3.90. The van der Waals surface area contributed by atoms with Gasteiger partial charge in [0.1, 0.15) is 0 Å². The number of hydrogen-bond donors (Lipinski definition) is 1. The Morgan fingerprint density at radius 1 is 1.16 bits per heavy atom. The summed E-state index contributed by atoms with van der Waals surface area (Å²) in [6, 6.07) is 0.115. The zero-order valence-electron chi connectivity index (χ0n) is 12.3. The first-order valence-corrected chi connectivity index (χ1v) is 6.78. The number of hydrogen-bond acceptors (Lipinski definition) is 3. The van der Waals surface area contributed by atoms with Crippen LogP contribution in [0.5, 0.6) is 0 Å². The van der Waals surface area contributed by atoms with Gasteiger partial charge in [0.05, 0.1) is 6.04 Å². The number of nitrogens with zero attached hydrogens (tertiary/aromatic N) is 2. The number of amides is 1. The molecule has 1 aliphatic rings. The normalized spacial score (nSPS) is 19.4. The first-order chi connectivity index (χ1) is 8.07. The van der Waals surface area contributed by atoms with Crippen molar-refractivity contribution < 1.29 is 4.79 Å². The molecule has 2 N–H and O–H groups in total. The van der Waals surface area contributed by atoms with Gasteiger partial charge in [0.25, 0.3) is 0 Å². The molecule has 0 aromatic heterocycles. The molecule has 2 unspecified atom stereocenters. The summed E-state index contributed by atoms with van der Waals surface area (Å²) in [4.78, 5) is 16.4. The lowest BCUT2D eigenvalue weighted by Gasteiger charge is -2.32. The molecule has 0 saturated carbocycles. The molecule has 116 valence electrons. The predicted octanol–water partition coefficient (Wildman–Crippen LogP) is 1.90. The largest absolute Gasteiger partial charge is 0.340 e. The SMILES string of the molecule is CC(C(=O)N(C)C(C)CN)N1CCCCCC1.Cl.Cl. The van der Waals surface area contributed by atoms with E-state index >= 15 is 0 Å². The Kier molecular flexibility index (Phi) is 12.0. The number of likely N-dealkylation sites (N-methyl/N-ethyl adjacent to an activating group) is 1. The van der Waals surface area contributed by atoms with Crippen LogP contribution in [-0.4, -0.2) is 54.5 Å². The van der Waals surface area contributed by atoms with Gasteiger partial charge in [0.15, 0.2) is 0 Å². The van der Waals surface area contributed by atoms with Gasteiger partial charge >= 0.3 is 0 Å². The molecule has 0 bridgehead atoms. The van der Waals surface area contributed by atoms with Crippen LogP contribution < -0.4 is 5.73 Å². The molecule has 6 heteroatoms. The fourth-order valence-corrected chi connectivity index (χ4v) is 2.31. The Bertz CT molecular complexity index is 246. The Morgan fingerprint density at radius 2 is 1.63 bits per heavy atom. The zero-order valence-corrected chi connectivity index (χ0v) is 13.9. The van der Waals surface area contributed by atoms with Crippen LogP contribution in [0.25, 0.3) is 0 Å². The lowest BCUT2D eigenvalue weighted by atomic mass is 10.2. The molecule has 1 amide bonds. The van der Waals surface area contributed by atoms with E-state index in [2.05, 4.69) is 4.90 Å². The summed E-state index contributed by atoms with van der Waals surface area (Å²) >= 11 is 0. The third-order valence-corrected chi connectivity index (χ3v) is 3.90. The molecule has 0 radical (unpaired) electrons. The Morgan fingerprint density at radius 3 is 2.05 bits per heavy atom. The standard InChI is InChI=1S/C13H27N3O.2ClH/c1-11(10-14)15(3)13(17)12(2)16-8-6-4-5-7-9-16;;/h11-12H,4-10,14H2,1-3H3;2*1H. The van der Waals surface area contributed by atoms with Gasteiger partial charge in [-0.25, -0.2) is 0 Å². The number of halogens is 2. The molecule has 2 atom stereocenters. The van der Waals surface area contributed by atoms with Gasteiger partial charge in [-0.15, -0.1) is 24.8 Å². The van der Waals surface area contributed by atoms with Crippen LogP contribution in [-0.2, 0) is 4.79 Å². The number of likely N-dealkylation sites (tertiary alicyclic amines) is 1. The average Bonchev–Trinajstić information content (AvgIpc) is 2.63. The van der Waals surface area contributed by atoms with E-state index in [1.54, 1.807) is 4.90 Å². The van der Waals surface area contributed by atoms with Gasteiger partial charge in [0, 0.05) is 19.6 Å². The van der Waals surface area contributed by atoms with Crippen molar-refractivity contribution in [1.29, 1.82) is 0 Å². The summed E-state index contributed by atoms with van der Waals surface area (Å²) in [6.45, 7) is 6.64. The van der Waals surface area contributed by atoms with Crippen molar-refractivity contribution >= 4 is 30.7 Å². The number of nitrogens with two attached hydrogens (primary N) is 1. The van der Waals surface area contributed by atoms with E-state index in [1.807, 2.05) is 20.9 Å². The zero-order chi connectivity index (χ0) is 12.8. The number of carbonyl (C=O) groups is 1. The van der Waals surface area contributed by atoms with Crippen molar-refractivity contribution in [2.45, 2.75) is 51.6 Å². The van der Waals surface area contributed by atoms with Gasteiger partial charge in [-0.2, -0.15) is 0 Å². The lowest BCUT2D eigenvalue weighted by Crippen LogP contribution is -2.50. The van der Waals surface area contributed by atoms with Gasteiger partial charge < -0.3 is 10.6 Å². The van der Waals surface area contributed by atoms with Gasteiger partial charge in [-0.3, -0.25) is 9.69 Å². The number of rotatable bonds is 4. The molecule has 1 fully saturated rings. The second kappa shape index (κ2) is 10.7. The maximum absolute atomic E-state index is 12.3. The minimum atomic E-state index is -0.00731. The molecule has 19 heavy (non-hydrogen) atoms. The fraction of sp³-hybridized carbons (Fsp3) is 0.923. The maximum atomic E-state index is 12.3. The third kappa shape index (κ3) is 6.30. The van der Waals surface area contributed by atoms with Crippen molar-refractivity contribution in [3.05, 3.63) is 0 Å². The number of carbonyl (C=O) groups excluding carboxylic acids is 1.